The summed E-state index contributed by atoms with van der Waals surface area (Å²) >= 11 is 3.40. The summed E-state index contributed by atoms with van der Waals surface area (Å²) in [6.45, 7) is 7.23. The van der Waals surface area contributed by atoms with Gasteiger partial charge in [0.1, 0.15) is 5.75 Å². The van der Waals surface area contributed by atoms with E-state index in [9.17, 15) is 14.4 Å². The number of aromatic nitrogens is 3. The Morgan fingerprint density at radius 2 is 1.80 bits per heavy atom. The molecule has 0 amide bonds. The summed E-state index contributed by atoms with van der Waals surface area (Å²) in [6.07, 6.45) is 0.0208. The summed E-state index contributed by atoms with van der Waals surface area (Å²) < 4.78 is 8.95. The zero-order valence-electron chi connectivity index (χ0n) is 19.9. The molecule has 0 bridgehead atoms. The average molecular weight is 546 g/mol. The fourth-order valence-electron chi connectivity index (χ4n) is 3.39. The van der Waals surface area contributed by atoms with E-state index in [2.05, 4.69) is 30.7 Å². The number of aromatic amines is 1. The molecule has 3 rings (SSSR count). The number of ether oxygens (including phenoxy) is 1. The zero-order valence-corrected chi connectivity index (χ0v) is 21.5. The molecule has 10 nitrogen and oxygen atoms in total. The number of hydrogen-bond acceptors (Lipinski definition) is 7. The largest absolute Gasteiger partial charge is 0.491 e. The number of aryl methyl sites for hydroxylation is 1. The number of carbonyl (C=O) groups is 1. The maximum Gasteiger partial charge on any atom is 0.335 e. The third kappa shape index (κ3) is 6.58. The van der Waals surface area contributed by atoms with Crippen molar-refractivity contribution >= 4 is 27.6 Å². The Morgan fingerprint density at radius 1 is 1.11 bits per heavy atom. The van der Waals surface area contributed by atoms with Gasteiger partial charge in [-0.25, -0.2) is 19.1 Å². The van der Waals surface area contributed by atoms with Crippen LogP contribution in [-0.4, -0.2) is 26.2 Å². The van der Waals surface area contributed by atoms with Gasteiger partial charge in [-0.3, -0.25) is 14.3 Å². The maximum absolute atomic E-state index is 13.4. The Bertz CT molecular complexity index is 1390. The van der Waals surface area contributed by atoms with Crippen molar-refractivity contribution in [3.63, 3.8) is 0 Å². The molecule has 0 spiro atoms. The number of nitrogens with one attached hydrogen (secondary N) is 1. The van der Waals surface area contributed by atoms with E-state index in [-0.39, 0.29) is 24.8 Å². The van der Waals surface area contributed by atoms with Gasteiger partial charge < -0.3 is 9.57 Å². The SMILES string of the molecule is Cc1cc(/N=c2\[nH]c(=O)n(C[C@H](C)C(=O)ON)c(=O)n2Cc2ccc(Br)cc2)ccc1OC(C)C. The van der Waals surface area contributed by atoms with E-state index in [1.165, 1.54) is 11.5 Å². The van der Waals surface area contributed by atoms with Crippen LogP contribution in [-0.2, 0) is 22.7 Å². The van der Waals surface area contributed by atoms with Crippen LogP contribution in [0.5, 0.6) is 5.75 Å². The Labute approximate surface area is 210 Å². The smallest absolute Gasteiger partial charge is 0.335 e. The lowest BCUT2D eigenvalue weighted by Crippen LogP contribution is -2.51. The topological polar surface area (TPSA) is 134 Å². The Hall–Kier alpha value is -3.44. The van der Waals surface area contributed by atoms with Crippen LogP contribution in [0.3, 0.4) is 0 Å². The highest BCUT2D eigenvalue weighted by molar-refractivity contribution is 9.10. The van der Waals surface area contributed by atoms with Crippen LogP contribution in [0.4, 0.5) is 5.69 Å². The molecule has 0 radical (unpaired) electrons. The first-order valence-corrected chi connectivity index (χ1v) is 11.8. The van der Waals surface area contributed by atoms with E-state index in [0.29, 0.717) is 5.69 Å². The highest BCUT2D eigenvalue weighted by atomic mass is 79.9. The molecular formula is C24H28BrN5O5. The van der Waals surface area contributed by atoms with Crippen molar-refractivity contribution in [3.8, 4) is 5.75 Å². The van der Waals surface area contributed by atoms with Crippen LogP contribution in [0.2, 0.25) is 0 Å². The van der Waals surface area contributed by atoms with Crippen LogP contribution in [0.15, 0.2) is 61.5 Å². The van der Waals surface area contributed by atoms with Gasteiger partial charge in [0.25, 0.3) is 0 Å². The van der Waals surface area contributed by atoms with Gasteiger partial charge in [0.2, 0.25) is 5.62 Å². The molecule has 0 aliphatic heterocycles. The van der Waals surface area contributed by atoms with Crippen LogP contribution >= 0.6 is 15.9 Å². The van der Waals surface area contributed by atoms with Gasteiger partial charge in [-0.2, -0.15) is 5.90 Å². The Morgan fingerprint density at radius 3 is 2.40 bits per heavy atom. The minimum absolute atomic E-state index is 0.0208. The van der Waals surface area contributed by atoms with Gasteiger partial charge in [0, 0.05) is 11.0 Å². The minimum atomic E-state index is -0.807. The van der Waals surface area contributed by atoms with Crippen LogP contribution in [0.25, 0.3) is 0 Å². The molecule has 3 aromatic rings. The first-order chi connectivity index (χ1) is 16.6. The lowest BCUT2D eigenvalue weighted by Gasteiger charge is -2.14. The number of rotatable bonds is 8. The van der Waals surface area contributed by atoms with Gasteiger partial charge in [-0.1, -0.05) is 35.0 Å². The zero-order chi connectivity index (χ0) is 25.7. The second-order valence-electron chi connectivity index (χ2n) is 8.43. The van der Waals surface area contributed by atoms with Crippen molar-refractivity contribution in [1.29, 1.82) is 0 Å². The number of hydrogen-bond donors (Lipinski definition) is 2. The second kappa shape index (κ2) is 11.3. The van der Waals surface area contributed by atoms with Crippen molar-refractivity contribution in [3.05, 3.63) is 84.7 Å². The molecule has 0 saturated heterocycles. The monoisotopic (exact) mass is 545 g/mol. The minimum Gasteiger partial charge on any atom is -0.491 e. The summed E-state index contributed by atoms with van der Waals surface area (Å²) in [4.78, 5) is 49.4. The lowest BCUT2D eigenvalue weighted by atomic mass is 10.2. The van der Waals surface area contributed by atoms with Gasteiger partial charge in [0.05, 0.1) is 24.3 Å². The van der Waals surface area contributed by atoms with E-state index in [1.807, 2.05) is 51.1 Å². The third-order valence-corrected chi connectivity index (χ3v) is 5.70. The number of nitrogens with two attached hydrogens (primary N) is 1. The maximum atomic E-state index is 13.4. The number of nitrogens with zero attached hydrogens (tertiary/aromatic N) is 3. The molecule has 0 aliphatic rings. The van der Waals surface area contributed by atoms with Gasteiger partial charge in [0.15, 0.2) is 0 Å². The molecule has 3 N–H and O–H groups in total. The Balaban J connectivity index is 2.15. The molecule has 1 atom stereocenters. The third-order valence-electron chi connectivity index (χ3n) is 5.17. The molecular weight excluding hydrogens is 518 g/mol. The van der Waals surface area contributed by atoms with E-state index >= 15 is 0 Å². The highest BCUT2D eigenvalue weighted by Crippen LogP contribution is 2.24. The van der Waals surface area contributed by atoms with Crippen molar-refractivity contribution < 1.29 is 14.4 Å². The van der Waals surface area contributed by atoms with Crippen LogP contribution in [0.1, 0.15) is 31.9 Å². The predicted molar refractivity (Wildman–Crippen MR) is 134 cm³/mol. The van der Waals surface area contributed by atoms with Gasteiger partial charge >= 0.3 is 17.3 Å². The number of carbonyl (C=O) groups excluding carboxylic acids is 1. The van der Waals surface area contributed by atoms with Crippen molar-refractivity contribution in [2.75, 3.05) is 0 Å². The quantitative estimate of drug-likeness (QED) is 0.417. The highest BCUT2D eigenvalue weighted by Gasteiger charge is 2.19. The van der Waals surface area contributed by atoms with Crippen molar-refractivity contribution in [2.45, 2.75) is 46.9 Å². The Kier molecular flexibility index (Phi) is 8.47. The van der Waals surface area contributed by atoms with E-state index in [0.717, 1.165) is 25.9 Å². The summed E-state index contributed by atoms with van der Waals surface area (Å²) in [7, 11) is 0. The van der Waals surface area contributed by atoms with Crippen LogP contribution < -0.4 is 27.6 Å². The van der Waals surface area contributed by atoms with Crippen molar-refractivity contribution in [2.24, 2.45) is 16.8 Å². The fourth-order valence-corrected chi connectivity index (χ4v) is 3.66. The first kappa shape index (κ1) is 26.2. The van der Waals surface area contributed by atoms with E-state index in [1.54, 1.807) is 12.1 Å². The molecule has 11 heteroatoms. The fraction of sp³-hybridized carbons (Fsp3) is 0.333. The van der Waals surface area contributed by atoms with Gasteiger partial charge in [-0.05, 0) is 62.2 Å². The van der Waals surface area contributed by atoms with E-state index in [4.69, 9.17) is 10.6 Å². The average Bonchev–Trinajstić information content (AvgIpc) is 2.81. The van der Waals surface area contributed by atoms with Crippen molar-refractivity contribution in [1.82, 2.24) is 14.1 Å². The number of H-pyrrole nitrogens is 1. The molecule has 1 heterocycles. The molecule has 2 aromatic carbocycles. The summed E-state index contributed by atoms with van der Waals surface area (Å²) in [5.41, 5.74) is 0.972. The molecule has 1 aromatic heterocycles. The van der Waals surface area contributed by atoms with Gasteiger partial charge in [-0.15, -0.1) is 0 Å². The normalized spacial score (nSPS) is 12.6. The summed E-state index contributed by atoms with van der Waals surface area (Å²) in [6, 6.07) is 12.8. The second-order valence-corrected chi connectivity index (χ2v) is 9.34. The van der Waals surface area contributed by atoms with Crippen LogP contribution in [0, 0.1) is 12.8 Å². The number of halogens is 1. The van der Waals surface area contributed by atoms with E-state index < -0.39 is 23.3 Å². The molecule has 0 fully saturated rings. The molecule has 0 saturated carbocycles. The molecule has 35 heavy (non-hydrogen) atoms. The summed E-state index contributed by atoms with van der Waals surface area (Å²) in [5.74, 6) is 4.14. The number of benzene rings is 2. The first-order valence-electron chi connectivity index (χ1n) is 11.0. The molecule has 0 unspecified atom stereocenters. The standard InChI is InChI=1S/C24H28BrN5O5/c1-14(2)34-20-10-9-19(11-15(20)3)27-22-28-23(32)30(12-16(4)21(31)35-26)24(33)29(22)13-17-5-7-18(25)8-6-17/h5-11,14,16H,12-13,26H2,1-4H3,(H,27,28,32)/t16-/m0/s1. The predicted octanol–water partition coefficient (Wildman–Crippen LogP) is 2.53. The lowest BCUT2D eigenvalue weighted by molar-refractivity contribution is -0.149. The molecule has 0 aliphatic carbocycles. The summed E-state index contributed by atoms with van der Waals surface area (Å²) in [5, 5.41) is 0. The molecule has 186 valence electrons.